The van der Waals surface area contributed by atoms with Gasteiger partial charge in [0.2, 0.25) is 5.75 Å². The normalized spacial score (nSPS) is 12.3. The van der Waals surface area contributed by atoms with E-state index in [1.807, 2.05) is 6.92 Å². The fourth-order valence-electron chi connectivity index (χ4n) is 2.72. The third kappa shape index (κ3) is 4.91. The molecule has 0 aliphatic rings. The Labute approximate surface area is 153 Å². The molecule has 1 aromatic carbocycles. The Kier molecular flexibility index (Phi) is 7.78. The smallest absolute Gasteiger partial charge is 0.383 e. The van der Waals surface area contributed by atoms with Crippen molar-refractivity contribution in [2.24, 2.45) is 0 Å². The van der Waals surface area contributed by atoms with Crippen LogP contribution in [0.15, 0.2) is 27.4 Å². The quantitative estimate of drug-likeness (QED) is 0.463. The van der Waals surface area contributed by atoms with E-state index in [-0.39, 0.29) is 29.8 Å². The van der Waals surface area contributed by atoms with Crippen LogP contribution in [0.1, 0.15) is 52.4 Å². The van der Waals surface area contributed by atoms with Gasteiger partial charge in [0.1, 0.15) is 0 Å². The van der Waals surface area contributed by atoms with Crippen molar-refractivity contribution >= 4 is 11.0 Å². The first kappa shape index (κ1) is 20.1. The minimum atomic E-state index is -0.712. The van der Waals surface area contributed by atoms with E-state index in [1.165, 1.54) is 0 Å². The third-order valence-electron chi connectivity index (χ3n) is 4.26. The van der Waals surface area contributed by atoms with Gasteiger partial charge in [0.15, 0.2) is 17.1 Å². The van der Waals surface area contributed by atoms with E-state index in [0.29, 0.717) is 30.6 Å². The van der Waals surface area contributed by atoms with Crippen molar-refractivity contribution in [3.05, 3.63) is 28.6 Å². The lowest BCUT2D eigenvalue weighted by Crippen LogP contribution is -2.19. The second-order valence-electron chi connectivity index (χ2n) is 6.27. The van der Waals surface area contributed by atoms with Crippen LogP contribution in [0.3, 0.4) is 0 Å². The number of fused-ring (bicyclic) bond motifs is 1. The summed E-state index contributed by atoms with van der Waals surface area (Å²) in [7, 11) is 0. The van der Waals surface area contributed by atoms with Crippen LogP contribution in [0.2, 0.25) is 0 Å². The summed E-state index contributed by atoms with van der Waals surface area (Å²) in [6.45, 7) is 4.57. The zero-order valence-corrected chi connectivity index (χ0v) is 15.5. The Morgan fingerprint density at radius 1 is 1.19 bits per heavy atom. The van der Waals surface area contributed by atoms with Gasteiger partial charge in [-0.2, -0.15) is 0 Å². The van der Waals surface area contributed by atoms with Crippen LogP contribution in [0, 0.1) is 0 Å². The van der Waals surface area contributed by atoms with Crippen LogP contribution in [0.25, 0.3) is 11.0 Å². The van der Waals surface area contributed by atoms with E-state index in [1.54, 1.807) is 18.2 Å². The Balaban J connectivity index is 2.30. The molecule has 0 bridgehead atoms. The van der Waals surface area contributed by atoms with Gasteiger partial charge >= 0.3 is 5.63 Å². The molecule has 6 nitrogen and oxygen atoms in total. The molecule has 1 atom stereocenters. The van der Waals surface area contributed by atoms with Gasteiger partial charge in [-0.05, 0) is 37.8 Å². The number of benzene rings is 1. The summed E-state index contributed by atoms with van der Waals surface area (Å²) in [6.07, 6.45) is 4.76. The molecular weight excluding hydrogens is 336 g/mol. The summed E-state index contributed by atoms with van der Waals surface area (Å²) in [6, 6.07) is 5.07. The maximum absolute atomic E-state index is 12.4. The van der Waals surface area contributed by atoms with Crippen molar-refractivity contribution in [3.8, 4) is 17.2 Å². The van der Waals surface area contributed by atoms with E-state index in [0.717, 1.165) is 25.7 Å². The molecule has 0 fully saturated rings. The molecule has 0 aliphatic heterocycles. The maximum atomic E-state index is 12.4. The average molecular weight is 364 g/mol. The highest BCUT2D eigenvalue weighted by molar-refractivity contribution is 5.89. The van der Waals surface area contributed by atoms with E-state index in [2.05, 4.69) is 6.92 Å². The lowest BCUT2D eigenvalue weighted by atomic mass is 10.1. The standard InChI is InChI=1S/C20H28O6/c1-3-5-9-14(4-2)25-19-17(22)15-10-8-11-16(18(15)26-20(19)23)24-13-7-6-12-21/h8,10-11,14,21-22H,3-7,9,12-13H2,1-2H3. The van der Waals surface area contributed by atoms with Gasteiger partial charge < -0.3 is 24.1 Å². The SMILES string of the molecule is CCCCC(CC)Oc1c(O)c2cccc(OCCCCO)c2oc1=O. The molecule has 0 radical (unpaired) electrons. The highest BCUT2D eigenvalue weighted by atomic mass is 16.5. The molecular formula is C20H28O6. The molecule has 2 N–H and O–H groups in total. The molecule has 0 amide bonds. The predicted molar refractivity (Wildman–Crippen MR) is 100 cm³/mol. The molecule has 0 aliphatic carbocycles. The first-order chi connectivity index (χ1) is 12.6. The number of rotatable bonds is 11. The third-order valence-corrected chi connectivity index (χ3v) is 4.26. The van der Waals surface area contributed by atoms with Gasteiger partial charge in [-0.3, -0.25) is 0 Å². The Bertz CT molecular complexity index is 752. The van der Waals surface area contributed by atoms with Crippen molar-refractivity contribution in [1.82, 2.24) is 0 Å². The monoisotopic (exact) mass is 364 g/mol. The molecule has 1 aromatic heterocycles. The van der Waals surface area contributed by atoms with E-state index in [4.69, 9.17) is 19.0 Å². The molecule has 0 saturated carbocycles. The number of hydrogen-bond acceptors (Lipinski definition) is 6. The van der Waals surface area contributed by atoms with E-state index >= 15 is 0 Å². The largest absolute Gasteiger partial charge is 0.504 e. The summed E-state index contributed by atoms with van der Waals surface area (Å²) >= 11 is 0. The lowest BCUT2D eigenvalue weighted by molar-refractivity contribution is 0.170. The van der Waals surface area contributed by atoms with Gasteiger partial charge in [0.05, 0.1) is 18.1 Å². The van der Waals surface area contributed by atoms with Crippen molar-refractivity contribution in [2.75, 3.05) is 13.2 Å². The second kappa shape index (κ2) is 10.1. The van der Waals surface area contributed by atoms with E-state index < -0.39 is 5.63 Å². The van der Waals surface area contributed by atoms with Crippen LogP contribution in [0.5, 0.6) is 17.2 Å². The number of aromatic hydroxyl groups is 1. The number of unbranched alkanes of at least 4 members (excludes halogenated alkanes) is 2. The molecule has 2 rings (SSSR count). The molecule has 6 heteroatoms. The van der Waals surface area contributed by atoms with Gasteiger partial charge in [-0.1, -0.05) is 32.8 Å². The number of ether oxygens (including phenoxy) is 2. The van der Waals surface area contributed by atoms with Crippen molar-refractivity contribution in [2.45, 2.75) is 58.5 Å². The van der Waals surface area contributed by atoms with Gasteiger partial charge in [0.25, 0.3) is 0 Å². The zero-order chi connectivity index (χ0) is 18.9. The van der Waals surface area contributed by atoms with Gasteiger partial charge in [0, 0.05) is 6.61 Å². The molecule has 26 heavy (non-hydrogen) atoms. The minimum Gasteiger partial charge on any atom is -0.504 e. The van der Waals surface area contributed by atoms with Crippen molar-refractivity contribution < 1.29 is 24.1 Å². The summed E-state index contributed by atoms with van der Waals surface area (Å²) in [4.78, 5) is 12.4. The van der Waals surface area contributed by atoms with Crippen molar-refractivity contribution in [3.63, 3.8) is 0 Å². The number of aliphatic hydroxyl groups is 1. The molecule has 2 aromatic rings. The second-order valence-corrected chi connectivity index (χ2v) is 6.27. The first-order valence-corrected chi connectivity index (χ1v) is 9.31. The maximum Gasteiger partial charge on any atom is 0.383 e. The van der Waals surface area contributed by atoms with Crippen LogP contribution in [-0.2, 0) is 0 Å². The lowest BCUT2D eigenvalue weighted by Gasteiger charge is -2.18. The van der Waals surface area contributed by atoms with Gasteiger partial charge in [-0.25, -0.2) is 4.79 Å². The Hall–Kier alpha value is -2.21. The molecule has 144 valence electrons. The highest BCUT2D eigenvalue weighted by Gasteiger charge is 2.20. The molecule has 0 saturated heterocycles. The molecule has 1 heterocycles. The topological polar surface area (TPSA) is 89.1 Å². The number of hydrogen-bond donors (Lipinski definition) is 2. The van der Waals surface area contributed by atoms with Crippen LogP contribution in [-0.4, -0.2) is 29.5 Å². The number of para-hydroxylation sites is 1. The number of aliphatic hydroxyl groups excluding tert-OH is 1. The summed E-state index contributed by atoms with van der Waals surface area (Å²) in [5.41, 5.74) is -0.510. The van der Waals surface area contributed by atoms with Crippen molar-refractivity contribution in [1.29, 1.82) is 0 Å². The minimum absolute atomic E-state index is 0.103. The fraction of sp³-hybridized carbons (Fsp3) is 0.550. The highest BCUT2D eigenvalue weighted by Crippen LogP contribution is 2.36. The van der Waals surface area contributed by atoms with Crippen LogP contribution in [0.4, 0.5) is 0 Å². The molecule has 1 unspecified atom stereocenters. The Morgan fingerprint density at radius 3 is 2.69 bits per heavy atom. The van der Waals surface area contributed by atoms with Gasteiger partial charge in [-0.15, -0.1) is 0 Å². The molecule has 0 spiro atoms. The van der Waals surface area contributed by atoms with Crippen LogP contribution >= 0.6 is 0 Å². The fourth-order valence-corrected chi connectivity index (χ4v) is 2.72. The summed E-state index contributed by atoms with van der Waals surface area (Å²) < 4.78 is 16.8. The van der Waals surface area contributed by atoms with Crippen LogP contribution < -0.4 is 15.1 Å². The summed E-state index contributed by atoms with van der Waals surface area (Å²) in [5, 5.41) is 19.8. The zero-order valence-electron chi connectivity index (χ0n) is 15.5. The first-order valence-electron chi connectivity index (χ1n) is 9.31. The Morgan fingerprint density at radius 2 is 2.00 bits per heavy atom. The summed E-state index contributed by atoms with van der Waals surface area (Å²) in [5.74, 6) is 0.0299. The predicted octanol–water partition coefficient (Wildman–Crippen LogP) is 4.00. The average Bonchev–Trinajstić information content (AvgIpc) is 2.65. The van der Waals surface area contributed by atoms with E-state index in [9.17, 15) is 9.90 Å².